The van der Waals surface area contributed by atoms with Gasteiger partial charge in [-0.2, -0.15) is 0 Å². The maximum Gasteiger partial charge on any atom is 0.225 e. The van der Waals surface area contributed by atoms with Crippen LogP contribution in [0.3, 0.4) is 0 Å². The number of benzene rings is 1. The zero-order valence-electron chi connectivity index (χ0n) is 12.1. The number of anilines is 1. The summed E-state index contributed by atoms with van der Waals surface area (Å²) in [7, 11) is 1.98. The number of hydrogen-bond donors (Lipinski definition) is 1. The molecule has 1 aromatic carbocycles. The van der Waals surface area contributed by atoms with Gasteiger partial charge in [0, 0.05) is 49.2 Å². The zero-order chi connectivity index (χ0) is 14.7. The third-order valence-electron chi connectivity index (χ3n) is 3.51. The molecule has 1 heterocycles. The lowest BCUT2D eigenvalue weighted by Gasteiger charge is -2.17. The fraction of sp³-hybridized carbons (Fsp3) is 0.375. The molecule has 1 saturated carbocycles. The van der Waals surface area contributed by atoms with E-state index in [4.69, 9.17) is 11.6 Å². The van der Waals surface area contributed by atoms with Crippen LogP contribution in [0.2, 0.25) is 5.02 Å². The maximum absolute atomic E-state index is 6.00. The van der Waals surface area contributed by atoms with Gasteiger partial charge in [0.25, 0.3) is 0 Å². The van der Waals surface area contributed by atoms with Gasteiger partial charge in [-0.15, -0.1) is 0 Å². The molecule has 0 radical (unpaired) electrons. The highest BCUT2D eigenvalue weighted by Crippen LogP contribution is 2.19. The Hall–Kier alpha value is -1.65. The Kier molecular flexibility index (Phi) is 4.36. The SMILES string of the molecule is CN(Cc1cccc(Cl)c1)c1ncc(CNC2CC2)cn1. The molecule has 0 aliphatic heterocycles. The van der Waals surface area contributed by atoms with Gasteiger partial charge in [-0.05, 0) is 30.5 Å². The minimum atomic E-state index is 0.704. The van der Waals surface area contributed by atoms with Crippen LogP contribution >= 0.6 is 11.6 Å². The topological polar surface area (TPSA) is 41.1 Å². The average molecular weight is 303 g/mol. The second-order valence-corrected chi connectivity index (χ2v) is 5.97. The molecule has 110 valence electrons. The van der Waals surface area contributed by atoms with Crippen molar-refractivity contribution in [1.82, 2.24) is 15.3 Å². The molecular weight excluding hydrogens is 284 g/mol. The Morgan fingerprint density at radius 2 is 2.00 bits per heavy atom. The third kappa shape index (κ3) is 4.16. The summed E-state index contributed by atoms with van der Waals surface area (Å²) in [6.45, 7) is 1.59. The molecule has 4 nitrogen and oxygen atoms in total. The molecule has 1 N–H and O–H groups in total. The number of nitrogens with zero attached hydrogens (tertiary/aromatic N) is 3. The second kappa shape index (κ2) is 6.41. The predicted molar refractivity (Wildman–Crippen MR) is 85.5 cm³/mol. The predicted octanol–water partition coefficient (Wildman–Crippen LogP) is 3.02. The van der Waals surface area contributed by atoms with E-state index in [1.807, 2.05) is 42.5 Å². The lowest BCUT2D eigenvalue weighted by molar-refractivity contribution is 0.682. The van der Waals surface area contributed by atoms with Crippen LogP contribution in [0.4, 0.5) is 5.95 Å². The van der Waals surface area contributed by atoms with Gasteiger partial charge in [0.2, 0.25) is 5.95 Å². The molecule has 0 amide bonds. The molecule has 1 fully saturated rings. The Morgan fingerprint density at radius 1 is 1.24 bits per heavy atom. The summed E-state index contributed by atoms with van der Waals surface area (Å²) in [4.78, 5) is 10.9. The first kappa shape index (κ1) is 14.3. The molecule has 5 heteroatoms. The van der Waals surface area contributed by atoms with E-state index in [2.05, 4.69) is 21.4 Å². The molecule has 0 saturated heterocycles. The van der Waals surface area contributed by atoms with E-state index in [0.29, 0.717) is 6.04 Å². The number of rotatable bonds is 6. The highest BCUT2D eigenvalue weighted by atomic mass is 35.5. The lowest BCUT2D eigenvalue weighted by atomic mass is 10.2. The van der Waals surface area contributed by atoms with Crippen molar-refractivity contribution in [3.05, 3.63) is 52.8 Å². The van der Waals surface area contributed by atoms with Crippen LogP contribution in [0.15, 0.2) is 36.7 Å². The molecule has 3 rings (SSSR count). The van der Waals surface area contributed by atoms with Gasteiger partial charge >= 0.3 is 0 Å². The monoisotopic (exact) mass is 302 g/mol. The number of nitrogens with one attached hydrogen (secondary N) is 1. The minimum Gasteiger partial charge on any atom is -0.340 e. The Balaban J connectivity index is 1.59. The van der Waals surface area contributed by atoms with Crippen LogP contribution in [0, 0.1) is 0 Å². The van der Waals surface area contributed by atoms with E-state index in [9.17, 15) is 0 Å². The summed E-state index contributed by atoms with van der Waals surface area (Å²) in [6.07, 6.45) is 6.38. The first-order valence-electron chi connectivity index (χ1n) is 7.20. The van der Waals surface area contributed by atoms with Crippen molar-refractivity contribution in [2.24, 2.45) is 0 Å². The highest BCUT2D eigenvalue weighted by molar-refractivity contribution is 6.30. The molecule has 0 spiro atoms. The largest absolute Gasteiger partial charge is 0.340 e. The summed E-state index contributed by atoms with van der Waals surface area (Å²) in [5, 5.41) is 4.21. The van der Waals surface area contributed by atoms with E-state index < -0.39 is 0 Å². The molecule has 0 atom stereocenters. The van der Waals surface area contributed by atoms with E-state index in [0.717, 1.165) is 35.2 Å². The van der Waals surface area contributed by atoms with Crippen LogP contribution < -0.4 is 10.2 Å². The van der Waals surface area contributed by atoms with Gasteiger partial charge in [0.1, 0.15) is 0 Å². The van der Waals surface area contributed by atoms with Crippen molar-refractivity contribution in [3.8, 4) is 0 Å². The zero-order valence-corrected chi connectivity index (χ0v) is 12.8. The van der Waals surface area contributed by atoms with Crippen molar-refractivity contribution in [3.63, 3.8) is 0 Å². The molecule has 0 unspecified atom stereocenters. The normalized spacial score (nSPS) is 14.2. The molecule has 1 aliphatic carbocycles. The quantitative estimate of drug-likeness (QED) is 0.890. The summed E-state index contributed by atoms with van der Waals surface area (Å²) in [6, 6.07) is 8.56. The standard InChI is InChI=1S/C16H19ClN4/c1-21(11-12-3-2-4-14(17)7-12)16-19-9-13(10-20-16)8-18-15-5-6-15/h2-4,7,9-10,15,18H,5-6,8,11H2,1H3. The van der Waals surface area contributed by atoms with Crippen molar-refractivity contribution in [2.75, 3.05) is 11.9 Å². The van der Waals surface area contributed by atoms with Crippen LogP contribution in [-0.2, 0) is 13.1 Å². The number of halogens is 1. The van der Waals surface area contributed by atoms with Crippen molar-refractivity contribution >= 4 is 17.5 Å². The summed E-state index contributed by atoms with van der Waals surface area (Å²) < 4.78 is 0. The van der Waals surface area contributed by atoms with Crippen LogP contribution in [0.5, 0.6) is 0 Å². The Morgan fingerprint density at radius 3 is 2.67 bits per heavy atom. The fourth-order valence-corrected chi connectivity index (χ4v) is 2.38. The van der Waals surface area contributed by atoms with Gasteiger partial charge < -0.3 is 10.2 Å². The maximum atomic E-state index is 6.00. The summed E-state index contributed by atoms with van der Waals surface area (Å²) >= 11 is 6.00. The first-order valence-corrected chi connectivity index (χ1v) is 7.58. The van der Waals surface area contributed by atoms with Crippen LogP contribution in [0.1, 0.15) is 24.0 Å². The summed E-state index contributed by atoms with van der Waals surface area (Å²) in [5.74, 6) is 0.727. The molecule has 2 aromatic rings. The van der Waals surface area contributed by atoms with E-state index in [-0.39, 0.29) is 0 Å². The molecule has 1 aliphatic rings. The van der Waals surface area contributed by atoms with Crippen LogP contribution in [-0.4, -0.2) is 23.1 Å². The number of aromatic nitrogens is 2. The van der Waals surface area contributed by atoms with Gasteiger partial charge in [-0.1, -0.05) is 23.7 Å². The van der Waals surface area contributed by atoms with Crippen molar-refractivity contribution < 1.29 is 0 Å². The van der Waals surface area contributed by atoms with E-state index in [1.54, 1.807) is 0 Å². The van der Waals surface area contributed by atoms with Gasteiger partial charge in [0.05, 0.1) is 0 Å². The van der Waals surface area contributed by atoms with Gasteiger partial charge in [0.15, 0.2) is 0 Å². The average Bonchev–Trinajstić information content (AvgIpc) is 3.30. The van der Waals surface area contributed by atoms with Crippen LogP contribution in [0.25, 0.3) is 0 Å². The third-order valence-corrected chi connectivity index (χ3v) is 3.75. The smallest absolute Gasteiger partial charge is 0.225 e. The van der Waals surface area contributed by atoms with E-state index >= 15 is 0 Å². The first-order chi connectivity index (χ1) is 10.2. The Labute approximate surface area is 130 Å². The Bertz CT molecular complexity index is 595. The second-order valence-electron chi connectivity index (χ2n) is 5.53. The molecule has 1 aromatic heterocycles. The summed E-state index contributed by atoms with van der Waals surface area (Å²) in [5.41, 5.74) is 2.27. The molecule has 0 bridgehead atoms. The fourth-order valence-electron chi connectivity index (χ4n) is 2.17. The van der Waals surface area contributed by atoms with Crippen molar-refractivity contribution in [2.45, 2.75) is 32.0 Å². The number of hydrogen-bond acceptors (Lipinski definition) is 4. The van der Waals surface area contributed by atoms with Crippen molar-refractivity contribution in [1.29, 1.82) is 0 Å². The molecule has 21 heavy (non-hydrogen) atoms. The van der Waals surface area contributed by atoms with E-state index in [1.165, 1.54) is 12.8 Å². The molecular formula is C16H19ClN4. The lowest BCUT2D eigenvalue weighted by Crippen LogP contribution is -2.20. The highest BCUT2D eigenvalue weighted by Gasteiger charge is 2.20. The minimum absolute atomic E-state index is 0.704. The van der Waals surface area contributed by atoms with Gasteiger partial charge in [-0.3, -0.25) is 0 Å². The van der Waals surface area contributed by atoms with Gasteiger partial charge in [-0.25, -0.2) is 9.97 Å².